The van der Waals surface area contributed by atoms with Gasteiger partial charge in [0.2, 0.25) is 0 Å². The molecule has 15 heavy (non-hydrogen) atoms. The van der Waals surface area contributed by atoms with Crippen molar-refractivity contribution in [2.45, 2.75) is 32.6 Å². The van der Waals surface area contributed by atoms with Gasteiger partial charge in [-0.2, -0.15) is 5.26 Å². The van der Waals surface area contributed by atoms with E-state index in [1.165, 1.54) is 17.5 Å². The lowest BCUT2D eigenvalue weighted by Gasteiger charge is -2.21. The Kier molecular flexibility index (Phi) is 2.70. The Labute approximate surface area is 97.7 Å². The summed E-state index contributed by atoms with van der Waals surface area (Å²) in [5, 5.41) is 18.9. The molecule has 1 aromatic rings. The lowest BCUT2D eigenvalue weighted by molar-refractivity contribution is 0.467. The largest absolute Gasteiger partial charge is 0.505 e. The summed E-state index contributed by atoms with van der Waals surface area (Å²) in [6.45, 7) is 1.93. The van der Waals surface area contributed by atoms with E-state index in [2.05, 4.69) is 22.0 Å². The smallest absolute Gasteiger partial charge is 0.148 e. The minimum Gasteiger partial charge on any atom is -0.505 e. The Bertz CT molecular complexity index is 456. The van der Waals surface area contributed by atoms with Crippen molar-refractivity contribution in [1.29, 1.82) is 5.26 Å². The molecule has 0 bridgehead atoms. The first-order valence-corrected chi connectivity index (χ1v) is 5.89. The van der Waals surface area contributed by atoms with Crippen LogP contribution >= 0.6 is 15.9 Å². The van der Waals surface area contributed by atoms with Crippen LogP contribution in [0.15, 0.2) is 4.47 Å². The maximum atomic E-state index is 9.87. The first kappa shape index (κ1) is 10.5. The number of benzene rings is 1. The third kappa shape index (κ3) is 1.53. The van der Waals surface area contributed by atoms with Gasteiger partial charge in [0.15, 0.2) is 0 Å². The first-order chi connectivity index (χ1) is 7.16. The predicted molar refractivity (Wildman–Crippen MR) is 61.9 cm³/mol. The molecule has 0 amide bonds. The molecule has 0 saturated heterocycles. The molecule has 0 atom stereocenters. The second-order valence-electron chi connectivity index (χ2n) is 3.94. The van der Waals surface area contributed by atoms with E-state index in [1.54, 1.807) is 0 Å². The van der Waals surface area contributed by atoms with Crippen LogP contribution < -0.4 is 0 Å². The van der Waals surface area contributed by atoms with Gasteiger partial charge < -0.3 is 5.11 Å². The summed E-state index contributed by atoms with van der Waals surface area (Å²) >= 11 is 3.39. The number of fused-ring (bicyclic) bond motifs is 1. The van der Waals surface area contributed by atoms with Crippen LogP contribution in [0.5, 0.6) is 5.75 Å². The highest BCUT2D eigenvalue weighted by Gasteiger charge is 2.21. The fraction of sp³-hybridized carbons (Fsp3) is 0.417. The highest BCUT2D eigenvalue weighted by molar-refractivity contribution is 9.10. The fourth-order valence-electron chi connectivity index (χ4n) is 2.28. The quantitative estimate of drug-likeness (QED) is 0.783. The second kappa shape index (κ2) is 3.86. The maximum Gasteiger partial charge on any atom is 0.148 e. The highest BCUT2D eigenvalue weighted by Crippen LogP contribution is 2.39. The normalized spacial score (nSPS) is 14.5. The van der Waals surface area contributed by atoms with Crippen molar-refractivity contribution >= 4 is 15.9 Å². The third-order valence-corrected chi connectivity index (χ3v) is 3.97. The summed E-state index contributed by atoms with van der Waals surface area (Å²) in [6.07, 6.45) is 4.36. The van der Waals surface area contributed by atoms with Gasteiger partial charge in [-0.05, 0) is 65.2 Å². The molecule has 0 aliphatic heterocycles. The van der Waals surface area contributed by atoms with E-state index in [9.17, 15) is 5.11 Å². The monoisotopic (exact) mass is 265 g/mol. The van der Waals surface area contributed by atoms with Crippen LogP contribution in [0.25, 0.3) is 0 Å². The molecule has 0 spiro atoms. The molecule has 1 aliphatic carbocycles. The van der Waals surface area contributed by atoms with Crippen LogP contribution in [0.2, 0.25) is 0 Å². The van der Waals surface area contributed by atoms with Crippen molar-refractivity contribution in [3.8, 4) is 11.8 Å². The topological polar surface area (TPSA) is 44.0 Å². The lowest BCUT2D eigenvalue weighted by Crippen LogP contribution is -2.07. The second-order valence-corrected chi connectivity index (χ2v) is 4.73. The van der Waals surface area contributed by atoms with Gasteiger partial charge in [-0.25, -0.2) is 0 Å². The van der Waals surface area contributed by atoms with Crippen molar-refractivity contribution < 1.29 is 5.11 Å². The first-order valence-electron chi connectivity index (χ1n) is 5.09. The number of aromatic hydroxyl groups is 1. The zero-order valence-corrected chi connectivity index (χ0v) is 10.2. The van der Waals surface area contributed by atoms with Crippen molar-refractivity contribution in [3.63, 3.8) is 0 Å². The number of halogens is 1. The molecule has 1 N–H and O–H groups in total. The van der Waals surface area contributed by atoms with Gasteiger partial charge in [0, 0.05) is 0 Å². The molecule has 0 aromatic heterocycles. The van der Waals surface area contributed by atoms with E-state index in [1.807, 2.05) is 6.92 Å². The van der Waals surface area contributed by atoms with Crippen molar-refractivity contribution in [2.75, 3.05) is 0 Å². The minimum absolute atomic E-state index is 0.107. The zero-order valence-electron chi connectivity index (χ0n) is 8.60. The van der Waals surface area contributed by atoms with E-state index in [0.29, 0.717) is 5.56 Å². The molecule has 0 heterocycles. The fourth-order valence-corrected chi connectivity index (χ4v) is 2.92. The third-order valence-electron chi connectivity index (χ3n) is 3.12. The summed E-state index contributed by atoms with van der Waals surface area (Å²) in [5.41, 5.74) is 3.81. The molecule has 78 valence electrons. The van der Waals surface area contributed by atoms with Crippen molar-refractivity contribution in [2.24, 2.45) is 0 Å². The number of nitrogens with zero attached hydrogens (tertiary/aromatic N) is 1. The zero-order chi connectivity index (χ0) is 11.0. The maximum absolute atomic E-state index is 9.87. The molecular formula is C12H12BrNO. The summed E-state index contributed by atoms with van der Waals surface area (Å²) in [5.74, 6) is 0.107. The van der Waals surface area contributed by atoms with Crippen LogP contribution in [0.1, 0.15) is 35.1 Å². The predicted octanol–water partition coefficient (Wildman–Crippen LogP) is 3.21. The van der Waals surface area contributed by atoms with Crippen LogP contribution in [-0.2, 0) is 12.8 Å². The number of rotatable bonds is 0. The minimum atomic E-state index is 0.107. The number of nitriles is 1. The molecule has 0 radical (unpaired) electrons. The summed E-state index contributed by atoms with van der Waals surface area (Å²) < 4.78 is 0.722. The van der Waals surface area contributed by atoms with Crippen LogP contribution in [-0.4, -0.2) is 5.11 Å². The molecule has 0 fully saturated rings. The summed E-state index contributed by atoms with van der Waals surface area (Å²) in [4.78, 5) is 0. The number of hydrogen-bond acceptors (Lipinski definition) is 2. The molecule has 2 nitrogen and oxygen atoms in total. The van der Waals surface area contributed by atoms with Crippen molar-refractivity contribution in [1.82, 2.24) is 0 Å². The van der Waals surface area contributed by atoms with Gasteiger partial charge >= 0.3 is 0 Å². The molecule has 1 aliphatic rings. The van der Waals surface area contributed by atoms with Gasteiger partial charge in [-0.3, -0.25) is 0 Å². The van der Waals surface area contributed by atoms with Crippen LogP contribution in [0.4, 0.5) is 0 Å². The molecule has 3 heteroatoms. The van der Waals surface area contributed by atoms with Crippen LogP contribution in [0.3, 0.4) is 0 Å². The van der Waals surface area contributed by atoms with E-state index < -0.39 is 0 Å². The van der Waals surface area contributed by atoms with Gasteiger partial charge in [0.05, 0.1) is 10.0 Å². The van der Waals surface area contributed by atoms with E-state index in [0.717, 1.165) is 29.3 Å². The standard InChI is InChI=1S/C12H12BrNO/c1-7-8-4-2-3-5-9(8)11(13)12(15)10(7)6-14/h15H,2-5H2,1H3. The van der Waals surface area contributed by atoms with E-state index >= 15 is 0 Å². The average Bonchev–Trinajstić information content (AvgIpc) is 2.27. The van der Waals surface area contributed by atoms with Crippen LogP contribution in [0, 0.1) is 18.3 Å². The van der Waals surface area contributed by atoms with Gasteiger partial charge in [0.25, 0.3) is 0 Å². The SMILES string of the molecule is Cc1c(C#N)c(O)c(Br)c2c1CCCC2. The summed E-state index contributed by atoms with van der Waals surface area (Å²) in [6, 6.07) is 2.07. The Morgan fingerprint density at radius 1 is 1.27 bits per heavy atom. The molecule has 0 unspecified atom stereocenters. The Hall–Kier alpha value is -1.01. The lowest BCUT2D eigenvalue weighted by atomic mass is 9.86. The molecule has 2 rings (SSSR count). The average molecular weight is 266 g/mol. The van der Waals surface area contributed by atoms with Gasteiger partial charge in [0.1, 0.15) is 11.8 Å². The highest BCUT2D eigenvalue weighted by atomic mass is 79.9. The van der Waals surface area contributed by atoms with E-state index in [4.69, 9.17) is 5.26 Å². The summed E-state index contributed by atoms with van der Waals surface area (Å²) in [7, 11) is 0. The molecular weight excluding hydrogens is 254 g/mol. The number of phenolic OH excluding ortho intramolecular Hbond substituents is 1. The molecule has 1 aromatic carbocycles. The molecule has 0 saturated carbocycles. The number of phenols is 1. The Morgan fingerprint density at radius 3 is 2.47 bits per heavy atom. The van der Waals surface area contributed by atoms with Gasteiger partial charge in [-0.1, -0.05) is 0 Å². The van der Waals surface area contributed by atoms with Gasteiger partial charge in [-0.15, -0.1) is 0 Å². The van der Waals surface area contributed by atoms with E-state index in [-0.39, 0.29) is 5.75 Å². The van der Waals surface area contributed by atoms with Crippen molar-refractivity contribution in [3.05, 3.63) is 26.7 Å². The number of hydrogen-bond donors (Lipinski definition) is 1. The Morgan fingerprint density at radius 2 is 1.87 bits per heavy atom. The Balaban J connectivity index is 2.76.